The molecule has 0 unspecified atom stereocenters. The summed E-state index contributed by atoms with van der Waals surface area (Å²) < 4.78 is 27.9. The number of hydrogen-bond donors (Lipinski definition) is 2. The fraction of sp³-hybridized carbons (Fsp3) is 0.240. The van der Waals surface area contributed by atoms with Gasteiger partial charge in [-0.25, -0.2) is 8.42 Å². The molecule has 0 spiro atoms. The zero-order chi connectivity index (χ0) is 22.6. The summed E-state index contributed by atoms with van der Waals surface area (Å²) in [6, 6.07) is 21.4. The van der Waals surface area contributed by atoms with Crippen LogP contribution in [0.4, 0.5) is 11.4 Å². The highest BCUT2D eigenvalue weighted by Gasteiger charge is 2.16. The molecule has 166 valence electrons. The van der Waals surface area contributed by atoms with E-state index in [2.05, 4.69) is 27.1 Å². The summed E-state index contributed by atoms with van der Waals surface area (Å²) in [5, 5.41) is 2.92. The first kappa shape index (κ1) is 21.9. The Hall–Kier alpha value is -3.32. The summed E-state index contributed by atoms with van der Waals surface area (Å²) in [6.45, 7) is 4.39. The third-order valence-corrected chi connectivity index (χ3v) is 7.04. The van der Waals surface area contributed by atoms with Gasteiger partial charge in [-0.3, -0.25) is 9.52 Å². The third-order valence-electron chi connectivity index (χ3n) is 5.66. The molecule has 3 aromatic carbocycles. The Bertz CT molecular complexity index is 1190. The molecule has 1 aliphatic heterocycles. The van der Waals surface area contributed by atoms with Crippen molar-refractivity contribution in [3.05, 3.63) is 89.5 Å². The predicted octanol–water partition coefficient (Wildman–Crippen LogP) is 4.33. The van der Waals surface area contributed by atoms with Crippen molar-refractivity contribution in [3.63, 3.8) is 0 Å². The molecule has 6 nitrogen and oxygen atoms in total. The van der Waals surface area contributed by atoms with Crippen LogP contribution in [0.2, 0.25) is 0 Å². The molecule has 0 atom stereocenters. The van der Waals surface area contributed by atoms with Crippen LogP contribution in [0.5, 0.6) is 0 Å². The summed E-state index contributed by atoms with van der Waals surface area (Å²) in [7, 11) is -3.73. The Labute approximate surface area is 189 Å². The lowest BCUT2D eigenvalue weighted by Crippen LogP contribution is -2.23. The molecule has 7 heteroatoms. The SMILES string of the molecule is Cc1ccc(C(=O)NCc2ccc(N3CCCC3)cc2)cc1NS(=O)(=O)c1ccccc1. The van der Waals surface area contributed by atoms with Gasteiger partial charge in [-0.2, -0.15) is 0 Å². The number of sulfonamides is 1. The molecule has 4 rings (SSSR count). The van der Waals surface area contributed by atoms with E-state index in [1.807, 2.05) is 12.1 Å². The Morgan fingerprint density at radius 1 is 0.938 bits per heavy atom. The Balaban J connectivity index is 1.42. The molecule has 1 fully saturated rings. The average molecular weight is 450 g/mol. The van der Waals surface area contributed by atoms with Gasteiger partial charge in [0.05, 0.1) is 10.6 Å². The second-order valence-corrected chi connectivity index (χ2v) is 9.67. The molecule has 3 aromatic rings. The number of nitrogens with zero attached hydrogens (tertiary/aromatic N) is 1. The highest BCUT2D eigenvalue weighted by Crippen LogP contribution is 2.22. The lowest BCUT2D eigenvalue weighted by molar-refractivity contribution is 0.0951. The van der Waals surface area contributed by atoms with Crippen molar-refractivity contribution in [1.82, 2.24) is 5.32 Å². The Kier molecular flexibility index (Phi) is 6.46. The van der Waals surface area contributed by atoms with E-state index in [4.69, 9.17) is 0 Å². The van der Waals surface area contributed by atoms with Crippen molar-refractivity contribution in [2.75, 3.05) is 22.7 Å². The van der Waals surface area contributed by atoms with Crippen molar-refractivity contribution in [2.45, 2.75) is 31.2 Å². The third kappa shape index (κ3) is 5.11. The van der Waals surface area contributed by atoms with Crippen molar-refractivity contribution >= 4 is 27.3 Å². The van der Waals surface area contributed by atoms with Gasteiger partial charge < -0.3 is 10.2 Å². The molecule has 0 bridgehead atoms. The summed E-state index contributed by atoms with van der Waals surface area (Å²) in [5.74, 6) is -0.256. The first-order valence-electron chi connectivity index (χ1n) is 10.7. The second-order valence-electron chi connectivity index (χ2n) is 7.99. The van der Waals surface area contributed by atoms with E-state index >= 15 is 0 Å². The van der Waals surface area contributed by atoms with Crippen molar-refractivity contribution < 1.29 is 13.2 Å². The number of amides is 1. The monoisotopic (exact) mass is 449 g/mol. The zero-order valence-electron chi connectivity index (χ0n) is 18.0. The summed E-state index contributed by atoms with van der Waals surface area (Å²) in [4.78, 5) is 15.2. The zero-order valence-corrected chi connectivity index (χ0v) is 18.9. The largest absolute Gasteiger partial charge is 0.372 e. The number of nitrogens with one attached hydrogen (secondary N) is 2. The van der Waals surface area contributed by atoms with E-state index in [0.29, 0.717) is 17.8 Å². The Morgan fingerprint density at radius 3 is 2.31 bits per heavy atom. The summed E-state index contributed by atoms with van der Waals surface area (Å²) in [5.41, 5.74) is 3.75. The van der Waals surface area contributed by atoms with Gasteiger partial charge in [0.1, 0.15) is 0 Å². The van der Waals surface area contributed by atoms with Gasteiger partial charge >= 0.3 is 0 Å². The van der Waals surface area contributed by atoms with Crippen LogP contribution in [-0.4, -0.2) is 27.4 Å². The van der Waals surface area contributed by atoms with Crippen LogP contribution >= 0.6 is 0 Å². The van der Waals surface area contributed by atoms with E-state index in [0.717, 1.165) is 24.2 Å². The quantitative estimate of drug-likeness (QED) is 0.563. The second kappa shape index (κ2) is 9.44. The molecule has 0 aromatic heterocycles. The van der Waals surface area contributed by atoms with Gasteiger partial charge in [0, 0.05) is 30.9 Å². The van der Waals surface area contributed by atoms with Crippen molar-refractivity contribution in [2.24, 2.45) is 0 Å². The lowest BCUT2D eigenvalue weighted by Gasteiger charge is -2.17. The van der Waals surface area contributed by atoms with Gasteiger partial charge in [-0.05, 0) is 67.3 Å². The molecule has 1 amide bonds. The van der Waals surface area contributed by atoms with Crippen LogP contribution in [0.25, 0.3) is 0 Å². The van der Waals surface area contributed by atoms with E-state index in [1.54, 1.807) is 43.3 Å². The maximum absolute atomic E-state index is 12.7. The van der Waals surface area contributed by atoms with Gasteiger partial charge in [0.2, 0.25) is 0 Å². The number of benzene rings is 3. The predicted molar refractivity (Wildman–Crippen MR) is 127 cm³/mol. The maximum atomic E-state index is 12.7. The standard InChI is InChI=1S/C25H27N3O3S/c1-19-9-12-21(17-24(19)27-32(30,31)23-7-3-2-4-8-23)25(29)26-18-20-10-13-22(14-11-20)28-15-5-6-16-28/h2-4,7-14,17,27H,5-6,15-16,18H2,1H3,(H,26,29). The molecule has 1 aliphatic rings. The van der Waals surface area contributed by atoms with Crippen LogP contribution in [0.3, 0.4) is 0 Å². The maximum Gasteiger partial charge on any atom is 0.261 e. The molecular formula is C25H27N3O3S. The summed E-state index contributed by atoms with van der Waals surface area (Å²) in [6.07, 6.45) is 2.47. The fourth-order valence-corrected chi connectivity index (χ4v) is 4.90. The normalized spacial score (nSPS) is 13.7. The molecular weight excluding hydrogens is 422 g/mol. The minimum absolute atomic E-state index is 0.173. The fourth-order valence-electron chi connectivity index (χ4n) is 3.76. The minimum atomic E-state index is -3.73. The first-order chi connectivity index (χ1) is 15.4. The van der Waals surface area contributed by atoms with Crippen LogP contribution < -0.4 is 14.9 Å². The number of aryl methyl sites for hydroxylation is 1. The number of carbonyl (C=O) groups excluding carboxylic acids is 1. The minimum Gasteiger partial charge on any atom is -0.372 e. The first-order valence-corrected chi connectivity index (χ1v) is 12.2. The Morgan fingerprint density at radius 2 is 1.62 bits per heavy atom. The topological polar surface area (TPSA) is 78.5 Å². The molecule has 1 saturated heterocycles. The molecule has 0 aliphatic carbocycles. The van der Waals surface area contributed by atoms with Crippen molar-refractivity contribution in [3.8, 4) is 0 Å². The van der Waals surface area contributed by atoms with Crippen LogP contribution in [0, 0.1) is 6.92 Å². The van der Waals surface area contributed by atoms with Crippen LogP contribution in [0.15, 0.2) is 77.7 Å². The number of anilines is 2. The smallest absolute Gasteiger partial charge is 0.261 e. The molecule has 2 N–H and O–H groups in total. The molecule has 32 heavy (non-hydrogen) atoms. The summed E-state index contributed by atoms with van der Waals surface area (Å²) >= 11 is 0. The van der Waals surface area contributed by atoms with Gasteiger partial charge in [-0.15, -0.1) is 0 Å². The van der Waals surface area contributed by atoms with E-state index < -0.39 is 10.0 Å². The molecule has 1 heterocycles. The highest BCUT2D eigenvalue weighted by atomic mass is 32.2. The average Bonchev–Trinajstić information content (AvgIpc) is 3.35. The van der Waals surface area contributed by atoms with Crippen LogP contribution in [0.1, 0.15) is 34.3 Å². The van der Waals surface area contributed by atoms with Crippen molar-refractivity contribution in [1.29, 1.82) is 0 Å². The van der Waals surface area contributed by atoms with Crippen LogP contribution in [-0.2, 0) is 16.6 Å². The van der Waals surface area contributed by atoms with E-state index in [9.17, 15) is 13.2 Å². The van der Waals surface area contributed by atoms with Gasteiger partial charge in [0.25, 0.3) is 15.9 Å². The molecule has 0 saturated carbocycles. The number of carbonyl (C=O) groups is 1. The van der Waals surface area contributed by atoms with Gasteiger partial charge in [0.15, 0.2) is 0 Å². The number of hydrogen-bond acceptors (Lipinski definition) is 4. The highest BCUT2D eigenvalue weighted by molar-refractivity contribution is 7.92. The number of rotatable bonds is 7. The lowest BCUT2D eigenvalue weighted by atomic mass is 10.1. The molecule has 0 radical (unpaired) electrons. The van der Waals surface area contributed by atoms with E-state index in [-0.39, 0.29) is 10.8 Å². The van der Waals surface area contributed by atoms with Gasteiger partial charge in [-0.1, -0.05) is 36.4 Å². The van der Waals surface area contributed by atoms with E-state index in [1.165, 1.54) is 30.7 Å².